The quantitative estimate of drug-likeness (QED) is 0.921. The van der Waals surface area contributed by atoms with E-state index in [0.717, 1.165) is 23.4 Å². The van der Waals surface area contributed by atoms with Gasteiger partial charge < -0.3 is 10.1 Å². The first-order valence-corrected chi connectivity index (χ1v) is 6.99. The third-order valence-electron chi connectivity index (χ3n) is 3.29. The average molecular weight is 314 g/mol. The molecule has 1 heterocycles. The van der Waals surface area contributed by atoms with Gasteiger partial charge in [0.15, 0.2) is 5.75 Å². The minimum Gasteiger partial charge on any atom is -0.493 e. The fourth-order valence-corrected chi connectivity index (χ4v) is 2.71. The molecule has 6 heteroatoms. The van der Waals surface area contributed by atoms with E-state index in [1.54, 1.807) is 19.4 Å². The zero-order chi connectivity index (χ0) is 14.7. The Morgan fingerprint density at radius 3 is 2.75 bits per heavy atom. The largest absolute Gasteiger partial charge is 0.493 e. The molecular weight excluding hydrogens is 297 g/mol. The van der Waals surface area contributed by atoms with E-state index in [-0.39, 0.29) is 6.04 Å². The first kappa shape index (κ1) is 15.2. The maximum atomic E-state index is 6.24. The van der Waals surface area contributed by atoms with Gasteiger partial charge in [0.05, 0.1) is 25.0 Å². The lowest BCUT2D eigenvalue weighted by atomic mass is 10.0. The van der Waals surface area contributed by atoms with Crippen LogP contribution in [0.1, 0.15) is 17.3 Å². The molecule has 0 saturated carbocycles. The van der Waals surface area contributed by atoms with Crippen molar-refractivity contribution in [2.24, 2.45) is 7.05 Å². The predicted molar refractivity (Wildman–Crippen MR) is 81.7 cm³/mol. The van der Waals surface area contributed by atoms with Gasteiger partial charge in [0.2, 0.25) is 0 Å². The number of rotatable bonds is 5. The highest BCUT2D eigenvalue weighted by molar-refractivity contribution is 6.35. The fraction of sp³-hybridized carbons (Fsp3) is 0.357. The number of aryl methyl sites for hydroxylation is 1. The summed E-state index contributed by atoms with van der Waals surface area (Å²) >= 11 is 12.2. The summed E-state index contributed by atoms with van der Waals surface area (Å²) in [6.07, 6.45) is 2.44. The standard InChI is InChI=1S/C14H17Cl2N3O/c1-17-12(14-13(20-3)8-18-19(14)2)6-9-4-5-10(15)7-11(9)16/h4-5,7-8,12,17H,6H2,1-3H3. The van der Waals surface area contributed by atoms with Crippen molar-refractivity contribution in [1.82, 2.24) is 15.1 Å². The van der Waals surface area contributed by atoms with E-state index < -0.39 is 0 Å². The van der Waals surface area contributed by atoms with E-state index in [1.807, 2.05) is 30.9 Å². The maximum absolute atomic E-state index is 6.24. The molecule has 108 valence electrons. The van der Waals surface area contributed by atoms with E-state index in [4.69, 9.17) is 27.9 Å². The van der Waals surface area contributed by atoms with Gasteiger partial charge in [-0.15, -0.1) is 0 Å². The lowest BCUT2D eigenvalue weighted by Gasteiger charge is -2.18. The van der Waals surface area contributed by atoms with Crippen molar-refractivity contribution in [2.75, 3.05) is 14.2 Å². The lowest BCUT2D eigenvalue weighted by Crippen LogP contribution is -2.22. The molecular formula is C14H17Cl2N3O. The number of likely N-dealkylation sites (N-methyl/N-ethyl adjacent to an activating group) is 1. The predicted octanol–water partition coefficient (Wildman–Crippen LogP) is 3.24. The fourth-order valence-electron chi connectivity index (χ4n) is 2.22. The van der Waals surface area contributed by atoms with Crippen molar-refractivity contribution in [2.45, 2.75) is 12.5 Å². The third kappa shape index (κ3) is 3.08. The molecule has 1 N–H and O–H groups in total. The molecule has 1 aromatic heterocycles. The van der Waals surface area contributed by atoms with Crippen molar-refractivity contribution in [3.8, 4) is 5.75 Å². The van der Waals surface area contributed by atoms with Gasteiger partial charge >= 0.3 is 0 Å². The summed E-state index contributed by atoms with van der Waals surface area (Å²) in [5.74, 6) is 0.761. The Morgan fingerprint density at radius 2 is 2.15 bits per heavy atom. The molecule has 20 heavy (non-hydrogen) atoms. The topological polar surface area (TPSA) is 39.1 Å². The normalized spacial score (nSPS) is 12.4. The summed E-state index contributed by atoms with van der Waals surface area (Å²) < 4.78 is 7.17. The van der Waals surface area contributed by atoms with E-state index in [2.05, 4.69) is 10.4 Å². The van der Waals surface area contributed by atoms with Gasteiger partial charge in [-0.3, -0.25) is 4.68 Å². The van der Waals surface area contributed by atoms with Gasteiger partial charge in [-0.25, -0.2) is 0 Å². The molecule has 1 aromatic carbocycles. The van der Waals surface area contributed by atoms with Crippen LogP contribution in [0.3, 0.4) is 0 Å². The van der Waals surface area contributed by atoms with Gasteiger partial charge in [-0.05, 0) is 31.2 Å². The summed E-state index contributed by atoms with van der Waals surface area (Å²) in [4.78, 5) is 0. The Morgan fingerprint density at radius 1 is 1.40 bits per heavy atom. The first-order chi connectivity index (χ1) is 9.56. The molecule has 2 rings (SSSR count). The number of hydrogen-bond acceptors (Lipinski definition) is 3. The number of halogens is 2. The molecule has 0 amide bonds. The van der Waals surface area contributed by atoms with Gasteiger partial charge in [-0.2, -0.15) is 5.10 Å². The third-order valence-corrected chi connectivity index (χ3v) is 3.87. The van der Waals surface area contributed by atoms with Crippen molar-refractivity contribution < 1.29 is 4.74 Å². The molecule has 0 bridgehead atoms. The van der Waals surface area contributed by atoms with Gasteiger partial charge in [0.25, 0.3) is 0 Å². The summed E-state index contributed by atoms with van der Waals surface area (Å²) in [7, 11) is 5.44. The Labute approximate surface area is 128 Å². The molecule has 0 spiro atoms. The number of methoxy groups -OCH3 is 1. The molecule has 0 fully saturated rings. The molecule has 1 atom stereocenters. The van der Waals surface area contributed by atoms with Crippen molar-refractivity contribution in [1.29, 1.82) is 0 Å². The minimum atomic E-state index is 0.0520. The van der Waals surface area contributed by atoms with E-state index in [1.165, 1.54) is 0 Å². The number of nitrogens with one attached hydrogen (secondary N) is 1. The van der Waals surface area contributed by atoms with E-state index in [0.29, 0.717) is 10.0 Å². The average Bonchev–Trinajstić information content (AvgIpc) is 2.79. The van der Waals surface area contributed by atoms with Crippen LogP contribution >= 0.6 is 23.2 Å². The molecule has 2 aromatic rings. The number of hydrogen-bond donors (Lipinski definition) is 1. The van der Waals surface area contributed by atoms with Gasteiger partial charge in [-0.1, -0.05) is 29.3 Å². The van der Waals surface area contributed by atoms with Crippen LogP contribution in [0.25, 0.3) is 0 Å². The van der Waals surface area contributed by atoms with E-state index >= 15 is 0 Å². The molecule has 0 saturated heterocycles. The maximum Gasteiger partial charge on any atom is 0.161 e. The summed E-state index contributed by atoms with van der Waals surface area (Å²) in [5, 5.41) is 8.81. The van der Waals surface area contributed by atoms with Crippen LogP contribution in [0.15, 0.2) is 24.4 Å². The highest BCUT2D eigenvalue weighted by Crippen LogP contribution is 2.30. The second-order valence-electron chi connectivity index (χ2n) is 4.50. The SMILES string of the molecule is CNC(Cc1ccc(Cl)cc1Cl)c1c(OC)cnn1C. The van der Waals surface area contributed by atoms with Gasteiger partial charge in [0.1, 0.15) is 0 Å². The van der Waals surface area contributed by atoms with Crippen molar-refractivity contribution >= 4 is 23.2 Å². The van der Waals surface area contributed by atoms with Crippen LogP contribution in [-0.4, -0.2) is 23.9 Å². The van der Waals surface area contributed by atoms with Crippen LogP contribution in [0.5, 0.6) is 5.75 Å². The number of aromatic nitrogens is 2. The molecule has 0 radical (unpaired) electrons. The Kier molecular flexibility index (Phi) is 4.91. The summed E-state index contributed by atoms with van der Waals surface area (Å²) in [5.41, 5.74) is 2.01. The summed E-state index contributed by atoms with van der Waals surface area (Å²) in [6, 6.07) is 5.59. The zero-order valence-corrected chi connectivity index (χ0v) is 13.2. The van der Waals surface area contributed by atoms with Crippen LogP contribution < -0.4 is 10.1 Å². The highest BCUT2D eigenvalue weighted by Gasteiger charge is 2.20. The zero-order valence-electron chi connectivity index (χ0n) is 11.7. The molecule has 0 aliphatic carbocycles. The highest BCUT2D eigenvalue weighted by atomic mass is 35.5. The van der Waals surface area contributed by atoms with E-state index in [9.17, 15) is 0 Å². The number of nitrogens with zero attached hydrogens (tertiary/aromatic N) is 2. The lowest BCUT2D eigenvalue weighted by molar-refractivity contribution is 0.397. The van der Waals surface area contributed by atoms with Crippen molar-refractivity contribution in [3.05, 3.63) is 45.7 Å². The Bertz CT molecular complexity index is 598. The van der Waals surface area contributed by atoms with Crippen molar-refractivity contribution in [3.63, 3.8) is 0 Å². The molecule has 0 aliphatic rings. The minimum absolute atomic E-state index is 0.0520. The van der Waals surface area contributed by atoms with Crippen LogP contribution in [0.4, 0.5) is 0 Å². The Hall–Kier alpha value is -1.23. The second kappa shape index (κ2) is 6.48. The Balaban J connectivity index is 2.31. The molecule has 0 aliphatic heterocycles. The van der Waals surface area contributed by atoms with Crippen LogP contribution in [0.2, 0.25) is 10.0 Å². The first-order valence-electron chi connectivity index (χ1n) is 6.24. The second-order valence-corrected chi connectivity index (χ2v) is 5.35. The molecule has 4 nitrogen and oxygen atoms in total. The van der Waals surface area contributed by atoms with Crippen LogP contribution in [-0.2, 0) is 13.5 Å². The van der Waals surface area contributed by atoms with Crippen LogP contribution in [0, 0.1) is 0 Å². The monoisotopic (exact) mass is 313 g/mol. The van der Waals surface area contributed by atoms with Gasteiger partial charge in [0, 0.05) is 17.1 Å². The molecule has 1 unspecified atom stereocenters. The smallest absolute Gasteiger partial charge is 0.161 e. The summed E-state index contributed by atoms with van der Waals surface area (Å²) in [6.45, 7) is 0. The number of benzene rings is 1. The number of ether oxygens (including phenoxy) is 1.